The van der Waals surface area contributed by atoms with Gasteiger partial charge in [-0.15, -0.1) is 11.3 Å². The maximum absolute atomic E-state index is 11.1. The van der Waals surface area contributed by atoms with Gasteiger partial charge in [0.1, 0.15) is 10.7 Å². The van der Waals surface area contributed by atoms with Crippen molar-refractivity contribution in [1.29, 1.82) is 0 Å². The van der Waals surface area contributed by atoms with Crippen LogP contribution in [0.4, 0.5) is 5.82 Å². The molecule has 1 aliphatic heterocycles. The number of aryl methyl sites for hydroxylation is 1. The second-order valence-corrected chi connectivity index (χ2v) is 5.38. The van der Waals surface area contributed by atoms with E-state index in [1.807, 2.05) is 6.92 Å². The predicted molar refractivity (Wildman–Crippen MR) is 72.1 cm³/mol. The van der Waals surface area contributed by atoms with Gasteiger partial charge in [-0.2, -0.15) is 0 Å². The first kappa shape index (κ1) is 12.3. The number of nitrogens with zero attached hydrogens (tertiary/aromatic N) is 3. The summed E-state index contributed by atoms with van der Waals surface area (Å²) < 4.78 is 6.17. The highest BCUT2D eigenvalue weighted by Crippen LogP contribution is 2.32. The first-order valence-corrected chi connectivity index (χ1v) is 6.81. The number of carbonyl (C=O) groups is 1. The van der Waals surface area contributed by atoms with Gasteiger partial charge in [-0.25, -0.2) is 14.8 Å². The van der Waals surface area contributed by atoms with Crippen LogP contribution in [0.3, 0.4) is 0 Å². The highest BCUT2D eigenvalue weighted by atomic mass is 32.1. The van der Waals surface area contributed by atoms with E-state index in [2.05, 4.69) is 14.9 Å². The summed E-state index contributed by atoms with van der Waals surface area (Å²) in [6, 6.07) is 1.61. The smallest absolute Gasteiger partial charge is 0.345 e. The van der Waals surface area contributed by atoms with Crippen molar-refractivity contribution in [3.8, 4) is 0 Å². The molecule has 0 bridgehead atoms. The number of hydrogen-bond donors (Lipinski definition) is 1. The van der Waals surface area contributed by atoms with Crippen molar-refractivity contribution in [2.75, 3.05) is 31.2 Å². The van der Waals surface area contributed by atoms with Gasteiger partial charge in [-0.05, 0) is 13.0 Å². The monoisotopic (exact) mass is 279 g/mol. The number of carboxylic acid groups (broad SMARTS) is 1. The van der Waals surface area contributed by atoms with Gasteiger partial charge in [0.05, 0.1) is 23.4 Å². The van der Waals surface area contributed by atoms with Crippen LogP contribution >= 0.6 is 11.3 Å². The van der Waals surface area contributed by atoms with Crippen molar-refractivity contribution < 1.29 is 14.6 Å². The van der Waals surface area contributed by atoms with Gasteiger partial charge in [0.25, 0.3) is 0 Å². The van der Waals surface area contributed by atoms with E-state index in [0.29, 0.717) is 29.4 Å². The van der Waals surface area contributed by atoms with E-state index >= 15 is 0 Å². The van der Waals surface area contributed by atoms with Crippen LogP contribution in [0.25, 0.3) is 10.2 Å². The van der Waals surface area contributed by atoms with Gasteiger partial charge in [0.15, 0.2) is 5.82 Å². The molecule has 0 radical (unpaired) electrons. The van der Waals surface area contributed by atoms with Crippen LogP contribution in [0.15, 0.2) is 6.07 Å². The van der Waals surface area contributed by atoms with E-state index in [1.54, 1.807) is 6.07 Å². The van der Waals surface area contributed by atoms with Gasteiger partial charge >= 0.3 is 5.97 Å². The lowest BCUT2D eigenvalue weighted by molar-refractivity contribution is 0.0702. The quantitative estimate of drug-likeness (QED) is 0.898. The first-order valence-electron chi connectivity index (χ1n) is 5.99. The van der Waals surface area contributed by atoms with Crippen molar-refractivity contribution in [3.05, 3.63) is 16.8 Å². The van der Waals surface area contributed by atoms with E-state index in [4.69, 9.17) is 9.84 Å². The van der Waals surface area contributed by atoms with Crippen molar-refractivity contribution >= 4 is 33.3 Å². The summed E-state index contributed by atoms with van der Waals surface area (Å²) in [7, 11) is 0. The number of aromatic carboxylic acids is 1. The molecule has 19 heavy (non-hydrogen) atoms. The molecule has 1 N–H and O–H groups in total. The molecule has 3 heterocycles. The Balaban J connectivity index is 2.13. The molecule has 100 valence electrons. The lowest BCUT2D eigenvalue weighted by atomic mass is 10.3. The van der Waals surface area contributed by atoms with Crippen molar-refractivity contribution in [1.82, 2.24) is 9.97 Å². The average Bonchev–Trinajstić information content (AvgIpc) is 2.82. The lowest BCUT2D eigenvalue weighted by Gasteiger charge is -2.28. The lowest BCUT2D eigenvalue weighted by Crippen LogP contribution is -2.36. The zero-order chi connectivity index (χ0) is 13.4. The van der Waals surface area contributed by atoms with Gasteiger partial charge in [-0.3, -0.25) is 0 Å². The molecule has 0 saturated carbocycles. The van der Waals surface area contributed by atoms with Crippen LogP contribution in [0.2, 0.25) is 0 Å². The second-order valence-electron chi connectivity index (χ2n) is 4.32. The number of rotatable bonds is 2. The third-order valence-electron chi connectivity index (χ3n) is 2.99. The zero-order valence-electron chi connectivity index (χ0n) is 10.4. The molecule has 0 atom stereocenters. The van der Waals surface area contributed by atoms with Gasteiger partial charge in [0, 0.05) is 13.1 Å². The number of carboxylic acids is 1. The largest absolute Gasteiger partial charge is 0.477 e. The van der Waals surface area contributed by atoms with Crippen LogP contribution < -0.4 is 4.90 Å². The Labute approximate surface area is 113 Å². The molecular weight excluding hydrogens is 266 g/mol. The van der Waals surface area contributed by atoms with Crippen LogP contribution in [-0.4, -0.2) is 47.3 Å². The zero-order valence-corrected chi connectivity index (χ0v) is 11.2. The van der Waals surface area contributed by atoms with Crippen LogP contribution in [0.1, 0.15) is 15.5 Å². The highest BCUT2D eigenvalue weighted by Gasteiger charge is 2.20. The molecule has 7 heteroatoms. The van der Waals surface area contributed by atoms with Gasteiger partial charge in [0.2, 0.25) is 0 Å². The Morgan fingerprint density at radius 1 is 1.42 bits per heavy atom. The minimum Gasteiger partial charge on any atom is -0.477 e. The fourth-order valence-corrected chi connectivity index (χ4v) is 3.08. The number of ether oxygens (including phenoxy) is 1. The second kappa shape index (κ2) is 4.75. The van der Waals surface area contributed by atoms with E-state index in [0.717, 1.165) is 23.6 Å². The molecule has 6 nitrogen and oxygen atoms in total. The third kappa shape index (κ3) is 2.26. The molecule has 0 aliphatic carbocycles. The third-order valence-corrected chi connectivity index (χ3v) is 4.10. The Morgan fingerprint density at radius 3 is 2.84 bits per heavy atom. The number of anilines is 1. The molecule has 0 spiro atoms. The summed E-state index contributed by atoms with van der Waals surface area (Å²) in [4.78, 5) is 22.3. The number of morpholine rings is 1. The molecule has 2 aromatic heterocycles. The molecule has 2 aromatic rings. The number of fused-ring (bicyclic) bond motifs is 1. The van der Waals surface area contributed by atoms with E-state index < -0.39 is 5.97 Å². The Kier molecular flexibility index (Phi) is 3.08. The van der Waals surface area contributed by atoms with Crippen molar-refractivity contribution in [3.63, 3.8) is 0 Å². The Hall–Kier alpha value is -1.73. The average molecular weight is 279 g/mol. The van der Waals surface area contributed by atoms with E-state index in [9.17, 15) is 4.79 Å². The fraction of sp³-hybridized carbons (Fsp3) is 0.417. The molecule has 3 rings (SSSR count). The molecule has 1 saturated heterocycles. The summed E-state index contributed by atoms with van der Waals surface area (Å²) in [5, 5.41) is 9.09. The van der Waals surface area contributed by atoms with Gasteiger partial charge in [-0.1, -0.05) is 0 Å². The maximum atomic E-state index is 11.1. The summed E-state index contributed by atoms with van der Waals surface area (Å²) in [5.41, 5.74) is 0.705. The fourth-order valence-electron chi connectivity index (χ4n) is 2.12. The highest BCUT2D eigenvalue weighted by molar-refractivity contribution is 7.21. The van der Waals surface area contributed by atoms with E-state index in [1.165, 1.54) is 11.3 Å². The first-order chi connectivity index (χ1) is 9.15. The minimum absolute atomic E-state index is 0.296. The normalized spacial score (nSPS) is 15.9. The van der Waals surface area contributed by atoms with Crippen LogP contribution in [0.5, 0.6) is 0 Å². The van der Waals surface area contributed by atoms with Crippen molar-refractivity contribution in [2.45, 2.75) is 6.92 Å². The van der Waals surface area contributed by atoms with Crippen LogP contribution in [0, 0.1) is 6.92 Å². The van der Waals surface area contributed by atoms with Crippen LogP contribution in [-0.2, 0) is 4.74 Å². The summed E-state index contributed by atoms with van der Waals surface area (Å²) >= 11 is 1.23. The Bertz CT molecular complexity index is 634. The number of aromatic nitrogens is 2. The molecule has 0 amide bonds. The standard InChI is InChI=1S/C12H13N3O3S/c1-7-13-8-6-9(12(16)17)19-10(8)11(14-7)15-2-4-18-5-3-15/h6H,2-5H2,1H3,(H,16,17). The molecule has 0 unspecified atom stereocenters. The summed E-state index contributed by atoms with van der Waals surface area (Å²) in [6.45, 7) is 4.70. The Morgan fingerprint density at radius 2 is 2.16 bits per heavy atom. The topological polar surface area (TPSA) is 75.6 Å². The SMILES string of the molecule is Cc1nc(N2CCOCC2)c2sc(C(=O)O)cc2n1. The summed E-state index contributed by atoms with van der Waals surface area (Å²) in [5.74, 6) is 0.556. The molecule has 0 aromatic carbocycles. The van der Waals surface area contributed by atoms with Gasteiger partial charge < -0.3 is 14.7 Å². The maximum Gasteiger partial charge on any atom is 0.345 e. The number of thiophene rings is 1. The molecule has 1 aliphatic rings. The predicted octanol–water partition coefficient (Wildman–Crippen LogP) is 1.53. The van der Waals surface area contributed by atoms with E-state index in [-0.39, 0.29) is 0 Å². The number of hydrogen-bond acceptors (Lipinski definition) is 6. The molecular formula is C12H13N3O3S. The van der Waals surface area contributed by atoms with Crippen molar-refractivity contribution in [2.24, 2.45) is 0 Å². The molecule has 1 fully saturated rings. The minimum atomic E-state index is -0.923. The summed E-state index contributed by atoms with van der Waals surface area (Å²) in [6.07, 6.45) is 0.